The minimum absolute atomic E-state index is 0.854. The Hall–Kier alpha value is -2.28. The molecule has 0 radical (unpaired) electrons. The second-order valence-electron chi connectivity index (χ2n) is 6.23. The fourth-order valence-electron chi connectivity index (χ4n) is 3.18. The first-order valence-corrected chi connectivity index (χ1v) is 9.78. The van der Waals surface area contributed by atoms with Gasteiger partial charge in [0.2, 0.25) is 0 Å². The molecule has 2 heterocycles. The van der Waals surface area contributed by atoms with Gasteiger partial charge in [0.15, 0.2) is 5.96 Å². The zero-order chi connectivity index (χ0) is 18.4. The molecule has 1 aromatic heterocycles. The van der Waals surface area contributed by atoms with Gasteiger partial charge in [-0.25, -0.2) is 4.98 Å². The number of para-hydroxylation sites is 2. The molecule has 1 aromatic carbocycles. The molecule has 1 saturated heterocycles. The van der Waals surface area contributed by atoms with Crippen molar-refractivity contribution >= 4 is 23.0 Å². The predicted octanol–water partition coefficient (Wildman–Crippen LogP) is 2.40. The van der Waals surface area contributed by atoms with E-state index in [-0.39, 0.29) is 0 Å². The van der Waals surface area contributed by atoms with E-state index >= 15 is 0 Å². The molecular weight excluding hydrogens is 346 g/mol. The van der Waals surface area contributed by atoms with Gasteiger partial charge >= 0.3 is 0 Å². The topological polar surface area (TPSA) is 53.0 Å². The van der Waals surface area contributed by atoms with E-state index in [1.165, 1.54) is 9.88 Å². The summed E-state index contributed by atoms with van der Waals surface area (Å²) in [7, 11) is 3.58. The normalized spacial score (nSPS) is 15.3. The van der Waals surface area contributed by atoms with Crippen LogP contribution in [0.3, 0.4) is 0 Å². The van der Waals surface area contributed by atoms with Crippen molar-refractivity contribution in [3.63, 3.8) is 0 Å². The number of benzene rings is 1. The number of thiazole rings is 1. The second kappa shape index (κ2) is 8.89. The third kappa shape index (κ3) is 4.46. The Morgan fingerprint density at radius 2 is 2.04 bits per heavy atom. The highest BCUT2D eigenvalue weighted by atomic mass is 32.1. The smallest absolute Gasteiger partial charge is 0.193 e. The van der Waals surface area contributed by atoms with Crippen molar-refractivity contribution in [2.75, 3.05) is 51.8 Å². The Morgan fingerprint density at radius 1 is 1.27 bits per heavy atom. The first-order valence-electron chi connectivity index (χ1n) is 8.96. The average molecular weight is 374 g/mol. The van der Waals surface area contributed by atoms with Gasteiger partial charge in [-0.05, 0) is 19.1 Å². The van der Waals surface area contributed by atoms with Crippen LogP contribution in [0.15, 0.2) is 35.5 Å². The third-order valence-corrected chi connectivity index (χ3v) is 5.48. The summed E-state index contributed by atoms with van der Waals surface area (Å²) in [5.41, 5.74) is 1.16. The molecule has 7 heteroatoms. The predicted molar refractivity (Wildman–Crippen MR) is 109 cm³/mol. The van der Waals surface area contributed by atoms with Crippen molar-refractivity contribution < 1.29 is 4.74 Å². The second-order valence-corrected chi connectivity index (χ2v) is 7.55. The van der Waals surface area contributed by atoms with E-state index in [1.54, 1.807) is 18.4 Å². The molecule has 0 atom stereocenters. The van der Waals surface area contributed by atoms with Gasteiger partial charge in [-0.3, -0.25) is 4.99 Å². The molecule has 0 bridgehead atoms. The number of hydrogen-bond acceptors (Lipinski definition) is 5. The lowest BCUT2D eigenvalue weighted by Gasteiger charge is -2.38. The number of methoxy groups -OCH3 is 1. The molecule has 3 rings (SSSR count). The SMILES string of the molecule is CN=C(NCCc1ncc(C)s1)N1CCN(c2ccccc2OC)CC1. The Kier molecular flexibility index (Phi) is 6.33. The van der Waals surface area contributed by atoms with Crippen LogP contribution in [0, 0.1) is 6.92 Å². The Bertz CT molecular complexity index is 737. The molecule has 0 unspecified atom stereocenters. The zero-order valence-corrected chi connectivity index (χ0v) is 16.6. The average Bonchev–Trinajstić information content (AvgIpc) is 3.10. The minimum atomic E-state index is 0.854. The molecule has 26 heavy (non-hydrogen) atoms. The molecule has 1 N–H and O–H groups in total. The van der Waals surface area contributed by atoms with Crippen LogP contribution in [0.4, 0.5) is 5.69 Å². The molecule has 1 aliphatic rings. The van der Waals surface area contributed by atoms with Crippen molar-refractivity contribution in [2.24, 2.45) is 4.99 Å². The van der Waals surface area contributed by atoms with Gasteiger partial charge in [-0.15, -0.1) is 11.3 Å². The molecule has 0 saturated carbocycles. The zero-order valence-electron chi connectivity index (χ0n) is 15.7. The molecule has 0 amide bonds. The number of rotatable bonds is 5. The van der Waals surface area contributed by atoms with Gasteiger partial charge in [0.1, 0.15) is 5.75 Å². The summed E-state index contributed by atoms with van der Waals surface area (Å²) in [5.74, 6) is 1.90. The fraction of sp³-hybridized carbons (Fsp3) is 0.474. The highest BCUT2D eigenvalue weighted by Gasteiger charge is 2.21. The number of anilines is 1. The van der Waals surface area contributed by atoms with Crippen LogP contribution >= 0.6 is 11.3 Å². The van der Waals surface area contributed by atoms with Crippen LogP contribution in [0.1, 0.15) is 9.88 Å². The largest absolute Gasteiger partial charge is 0.495 e. The summed E-state index contributed by atoms with van der Waals surface area (Å²) in [4.78, 5) is 14.8. The fourth-order valence-corrected chi connectivity index (χ4v) is 3.97. The van der Waals surface area contributed by atoms with Crippen LogP contribution in [0.2, 0.25) is 0 Å². The van der Waals surface area contributed by atoms with E-state index in [9.17, 15) is 0 Å². The number of aliphatic imine (C=N–C) groups is 1. The van der Waals surface area contributed by atoms with Gasteiger partial charge in [0, 0.05) is 57.3 Å². The molecule has 1 fully saturated rings. The van der Waals surface area contributed by atoms with Gasteiger partial charge < -0.3 is 19.9 Å². The van der Waals surface area contributed by atoms with Gasteiger partial charge in [0.25, 0.3) is 0 Å². The van der Waals surface area contributed by atoms with Crippen LogP contribution < -0.4 is 15.0 Å². The Labute approximate surface area is 159 Å². The van der Waals surface area contributed by atoms with Crippen molar-refractivity contribution in [2.45, 2.75) is 13.3 Å². The van der Waals surface area contributed by atoms with Crippen molar-refractivity contribution in [1.29, 1.82) is 0 Å². The lowest BCUT2D eigenvalue weighted by molar-refractivity contribution is 0.367. The molecular formula is C19H27N5OS. The maximum absolute atomic E-state index is 5.49. The monoisotopic (exact) mass is 373 g/mol. The number of aryl methyl sites for hydroxylation is 1. The van der Waals surface area contributed by atoms with E-state index in [4.69, 9.17) is 4.74 Å². The highest BCUT2D eigenvalue weighted by molar-refractivity contribution is 7.11. The van der Waals surface area contributed by atoms with E-state index < -0.39 is 0 Å². The van der Waals surface area contributed by atoms with Crippen molar-refractivity contribution in [3.8, 4) is 5.75 Å². The molecule has 0 spiro atoms. The molecule has 0 aliphatic carbocycles. The quantitative estimate of drug-likeness (QED) is 0.644. The standard InChI is InChI=1S/C19H27N5OS/c1-15-14-22-18(26-15)8-9-21-19(20-2)24-12-10-23(11-13-24)16-6-4-5-7-17(16)25-3/h4-7,14H,8-13H2,1-3H3,(H,20,21). The van der Waals surface area contributed by atoms with Gasteiger partial charge in [-0.1, -0.05) is 12.1 Å². The van der Waals surface area contributed by atoms with Crippen LogP contribution in [0.25, 0.3) is 0 Å². The maximum atomic E-state index is 5.49. The van der Waals surface area contributed by atoms with Gasteiger partial charge in [-0.2, -0.15) is 0 Å². The van der Waals surface area contributed by atoms with Crippen LogP contribution in [0.5, 0.6) is 5.75 Å². The number of piperazine rings is 1. The maximum Gasteiger partial charge on any atom is 0.193 e. The van der Waals surface area contributed by atoms with E-state index in [0.29, 0.717) is 0 Å². The van der Waals surface area contributed by atoms with Crippen LogP contribution in [-0.2, 0) is 6.42 Å². The first-order chi connectivity index (χ1) is 12.7. The molecule has 1 aliphatic heterocycles. The van der Waals surface area contributed by atoms with E-state index in [0.717, 1.165) is 56.5 Å². The van der Waals surface area contributed by atoms with Crippen molar-refractivity contribution in [3.05, 3.63) is 40.3 Å². The summed E-state index contributed by atoms with van der Waals surface area (Å²) >= 11 is 1.76. The van der Waals surface area contributed by atoms with E-state index in [2.05, 4.69) is 44.1 Å². The van der Waals surface area contributed by atoms with Crippen molar-refractivity contribution in [1.82, 2.24) is 15.2 Å². The Balaban J connectivity index is 1.51. The first kappa shape index (κ1) is 18.5. The summed E-state index contributed by atoms with van der Waals surface area (Å²) in [5, 5.41) is 4.65. The highest BCUT2D eigenvalue weighted by Crippen LogP contribution is 2.28. The number of aromatic nitrogens is 1. The lowest BCUT2D eigenvalue weighted by atomic mass is 10.2. The summed E-state index contributed by atoms with van der Waals surface area (Å²) in [6.07, 6.45) is 2.87. The lowest BCUT2D eigenvalue weighted by Crippen LogP contribution is -2.52. The number of nitrogens with one attached hydrogen (secondary N) is 1. The van der Waals surface area contributed by atoms with Gasteiger partial charge in [0.05, 0.1) is 17.8 Å². The number of guanidine groups is 1. The molecule has 6 nitrogen and oxygen atoms in total. The summed E-state index contributed by atoms with van der Waals surface area (Å²) < 4.78 is 5.49. The molecule has 140 valence electrons. The summed E-state index contributed by atoms with van der Waals surface area (Å²) in [6.45, 7) is 6.72. The number of nitrogens with zero attached hydrogens (tertiary/aromatic N) is 4. The molecule has 2 aromatic rings. The summed E-state index contributed by atoms with van der Waals surface area (Å²) in [6, 6.07) is 8.21. The Morgan fingerprint density at radius 3 is 2.69 bits per heavy atom. The van der Waals surface area contributed by atoms with E-state index in [1.807, 2.05) is 25.4 Å². The third-order valence-electron chi connectivity index (χ3n) is 4.51. The number of ether oxygens (including phenoxy) is 1. The minimum Gasteiger partial charge on any atom is -0.495 e. The van der Waals surface area contributed by atoms with Crippen LogP contribution in [-0.4, -0.2) is 62.7 Å². The number of hydrogen-bond donors (Lipinski definition) is 1.